The molecule has 0 atom stereocenters. The molecule has 2 aromatic rings. The van der Waals surface area contributed by atoms with Crippen LogP contribution in [0.15, 0.2) is 35.0 Å². The van der Waals surface area contributed by atoms with Gasteiger partial charge in [0.25, 0.3) is 0 Å². The van der Waals surface area contributed by atoms with Crippen molar-refractivity contribution in [3.8, 4) is 0 Å². The third kappa shape index (κ3) is 2.74. The molecule has 0 fully saturated rings. The molecule has 0 unspecified atom stereocenters. The molecule has 0 N–H and O–H groups in total. The highest BCUT2D eigenvalue weighted by molar-refractivity contribution is 7.07. The van der Waals surface area contributed by atoms with Crippen LogP contribution in [0.2, 0.25) is 0 Å². The summed E-state index contributed by atoms with van der Waals surface area (Å²) >= 11 is 1.71. The van der Waals surface area contributed by atoms with E-state index in [2.05, 4.69) is 34.8 Å². The number of nitrogens with zero attached hydrogens (tertiary/aromatic N) is 1. The predicted octanol–water partition coefficient (Wildman–Crippen LogP) is 3.51. The maximum Gasteiger partial charge on any atom is 0.150 e. The second-order valence-corrected chi connectivity index (χ2v) is 4.93. The van der Waals surface area contributed by atoms with Gasteiger partial charge >= 0.3 is 0 Å². The number of benzene rings is 1. The van der Waals surface area contributed by atoms with Crippen LogP contribution < -0.4 is 4.90 Å². The zero-order chi connectivity index (χ0) is 12.3. The SMILES string of the molecule is Cc1cc(N(C)Cc2ccsc2)ccc1C=O. The Balaban J connectivity index is 2.16. The minimum absolute atomic E-state index is 0.762. The zero-order valence-electron chi connectivity index (χ0n) is 10.0. The van der Waals surface area contributed by atoms with Gasteiger partial charge in [-0.05, 0) is 53.1 Å². The van der Waals surface area contributed by atoms with Crippen molar-refractivity contribution in [1.29, 1.82) is 0 Å². The molecular weight excluding hydrogens is 230 g/mol. The Bertz CT molecular complexity index is 505. The van der Waals surface area contributed by atoms with Crippen molar-refractivity contribution in [2.45, 2.75) is 13.5 Å². The van der Waals surface area contributed by atoms with Crippen molar-refractivity contribution in [1.82, 2.24) is 0 Å². The lowest BCUT2D eigenvalue weighted by molar-refractivity contribution is 0.112. The van der Waals surface area contributed by atoms with E-state index in [1.54, 1.807) is 11.3 Å². The van der Waals surface area contributed by atoms with E-state index in [0.717, 1.165) is 29.6 Å². The van der Waals surface area contributed by atoms with Crippen molar-refractivity contribution in [3.63, 3.8) is 0 Å². The smallest absolute Gasteiger partial charge is 0.150 e. The fraction of sp³-hybridized carbons (Fsp3) is 0.214. The molecule has 0 radical (unpaired) electrons. The van der Waals surface area contributed by atoms with Crippen LogP contribution in [0.4, 0.5) is 5.69 Å². The van der Waals surface area contributed by atoms with Crippen LogP contribution in [0.1, 0.15) is 21.5 Å². The molecule has 0 aliphatic rings. The summed E-state index contributed by atoms with van der Waals surface area (Å²) in [5.41, 5.74) is 4.24. The summed E-state index contributed by atoms with van der Waals surface area (Å²) in [7, 11) is 2.06. The minimum Gasteiger partial charge on any atom is -0.370 e. The largest absolute Gasteiger partial charge is 0.370 e. The van der Waals surface area contributed by atoms with E-state index in [1.165, 1.54) is 5.56 Å². The zero-order valence-corrected chi connectivity index (χ0v) is 10.8. The highest BCUT2D eigenvalue weighted by atomic mass is 32.1. The number of aryl methyl sites for hydroxylation is 1. The van der Waals surface area contributed by atoms with Crippen LogP contribution in [-0.2, 0) is 6.54 Å². The van der Waals surface area contributed by atoms with Gasteiger partial charge in [-0.2, -0.15) is 11.3 Å². The molecule has 0 saturated carbocycles. The monoisotopic (exact) mass is 245 g/mol. The van der Waals surface area contributed by atoms with Crippen LogP contribution in [0, 0.1) is 6.92 Å². The third-order valence-electron chi connectivity index (χ3n) is 2.82. The summed E-state index contributed by atoms with van der Waals surface area (Å²) in [6.45, 7) is 2.86. The van der Waals surface area contributed by atoms with Gasteiger partial charge in [0.05, 0.1) is 0 Å². The van der Waals surface area contributed by atoms with Crippen molar-refractivity contribution in [2.75, 3.05) is 11.9 Å². The van der Waals surface area contributed by atoms with Gasteiger partial charge in [-0.15, -0.1) is 0 Å². The third-order valence-corrected chi connectivity index (χ3v) is 3.55. The normalized spacial score (nSPS) is 10.2. The fourth-order valence-electron chi connectivity index (χ4n) is 1.78. The van der Waals surface area contributed by atoms with E-state index in [1.807, 2.05) is 19.1 Å². The molecule has 0 amide bonds. The minimum atomic E-state index is 0.762. The van der Waals surface area contributed by atoms with Gasteiger partial charge in [0.15, 0.2) is 0 Å². The Hall–Kier alpha value is -1.61. The number of rotatable bonds is 4. The molecule has 2 nitrogen and oxygen atoms in total. The van der Waals surface area contributed by atoms with Crippen LogP contribution in [0.3, 0.4) is 0 Å². The standard InChI is InChI=1S/C14H15NOS/c1-11-7-14(4-3-13(11)9-16)15(2)8-12-5-6-17-10-12/h3-7,9-10H,8H2,1-2H3. The molecule has 3 heteroatoms. The first-order valence-electron chi connectivity index (χ1n) is 5.49. The van der Waals surface area contributed by atoms with E-state index >= 15 is 0 Å². The second kappa shape index (κ2) is 5.15. The summed E-state index contributed by atoms with van der Waals surface area (Å²) in [5.74, 6) is 0. The fourth-order valence-corrected chi connectivity index (χ4v) is 2.44. The van der Waals surface area contributed by atoms with E-state index in [0.29, 0.717) is 0 Å². The Labute approximate surface area is 106 Å². The predicted molar refractivity (Wildman–Crippen MR) is 73.0 cm³/mol. The Morgan fingerprint density at radius 3 is 2.76 bits per heavy atom. The van der Waals surface area contributed by atoms with Crippen LogP contribution in [0.5, 0.6) is 0 Å². The number of anilines is 1. The molecule has 17 heavy (non-hydrogen) atoms. The van der Waals surface area contributed by atoms with E-state index in [9.17, 15) is 4.79 Å². The Kier molecular flexibility index (Phi) is 3.59. The molecule has 0 bridgehead atoms. The lowest BCUT2D eigenvalue weighted by atomic mass is 10.1. The van der Waals surface area contributed by atoms with Gasteiger partial charge < -0.3 is 4.90 Å². The maximum absolute atomic E-state index is 10.8. The van der Waals surface area contributed by atoms with E-state index in [4.69, 9.17) is 0 Å². The van der Waals surface area contributed by atoms with Gasteiger partial charge in [-0.3, -0.25) is 4.79 Å². The summed E-state index contributed by atoms with van der Waals surface area (Å²) in [6, 6.07) is 8.05. The van der Waals surface area contributed by atoms with Gasteiger partial charge in [0.1, 0.15) is 6.29 Å². The molecule has 1 aromatic heterocycles. The molecule has 2 rings (SSSR count). The van der Waals surface area contributed by atoms with Gasteiger partial charge in [0.2, 0.25) is 0 Å². The van der Waals surface area contributed by atoms with Crippen molar-refractivity contribution < 1.29 is 4.79 Å². The summed E-state index contributed by atoms with van der Waals surface area (Å²) < 4.78 is 0. The highest BCUT2D eigenvalue weighted by Crippen LogP contribution is 2.19. The van der Waals surface area contributed by atoms with Crippen LogP contribution >= 0.6 is 11.3 Å². The van der Waals surface area contributed by atoms with E-state index in [-0.39, 0.29) is 0 Å². The van der Waals surface area contributed by atoms with Gasteiger partial charge in [-0.25, -0.2) is 0 Å². The number of hydrogen-bond acceptors (Lipinski definition) is 3. The average Bonchev–Trinajstić information content (AvgIpc) is 2.81. The second-order valence-electron chi connectivity index (χ2n) is 4.15. The summed E-state index contributed by atoms with van der Waals surface area (Å²) in [4.78, 5) is 12.9. The quantitative estimate of drug-likeness (QED) is 0.768. The highest BCUT2D eigenvalue weighted by Gasteiger charge is 2.04. The molecular formula is C14H15NOS. The number of thiophene rings is 1. The number of carbonyl (C=O) groups excluding carboxylic acids is 1. The van der Waals surface area contributed by atoms with Crippen molar-refractivity contribution in [3.05, 3.63) is 51.7 Å². The summed E-state index contributed by atoms with van der Waals surface area (Å²) in [6.07, 6.45) is 0.901. The van der Waals surface area contributed by atoms with Crippen molar-refractivity contribution >= 4 is 23.3 Å². The Morgan fingerprint density at radius 1 is 1.35 bits per heavy atom. The van der Waals surface area contributed by atoms with Crippen LogP contribution in [-0.4, -0.2) is 13.3 Å². The van der Waals surface area contributed by atoms with E-state index < -0.39 is 0 Å². The van der Waals surface area contributed by atoms with Gasteiger partial charge in [-0.1, -0.05) is 0 Å². The lowest BCUT2D eigenvalue weighted by Gasteiger charge is -2.19. The maximum atomic E-state index is 10.8. The molecule has 0 saturated heterocycles. The number of hydrogen-bond donors (Lipinski definition) is 0. The lowest BCUT2D eigenvalue weighted by Crippen LogP contribution is -2.16. The molecule has 0 aliphatic carbocycles. The summed E-state index contributed by atoms with van der Waals surface area (Å²) in [5, 5.41) is 4.24. The number of carbonyl (C=O) groups is 1. The average molecular weight is 245 g/mol. The molecule has 88 valence electrons. The topological polar surface area (TPSA) is 20.3 Å². The molecule has 1 heterocycles. The Morgan fingerprint density at radius 2 is 2.18 bits per heavy atom. The first-order valence-corrected chi connectivity index (χ1v) is 6.43. The number of aldehydes is 1. The molecule has 1 aromatic carbocycles. The van der Waals surface area contributed by atoms with Crippen LogP contribution in [0.25, 0.3) is 0 Å². The first kappa shape index (κ1) is 11.9. The van der Waals surface area contributed by atoms with Crippen molar-refractivity contribution in [2.24, 2.45) is 0 Å². The first-order chi connectivity index (χ1) is 8.20. The molecule has 0 aliphatic heterocycles. The van der Waals surface area contributed by atoms with Gasteiger partial charge in [0, 0.05) is 24.8 Å². The molecule has 0 spiro atoms.